The first kappa shape index (κ1) is 13.4. The van der Waals surface area contributed by atoms with E-state index in [-0.39, 0.29) is 17.1 Å². The van der Waals surface area contributed by atoms with E-state index in [1.807, 2.05) is 20.8 Å². The topological polar surface area (TPSA) is 69.6 Å². The minimum absolute atomic E-state index is 0.194. The fourth-order valence-electron chi connectivity index (χ4n) is 2.76. The highest BCUT2D eigenvalue weighted by molar-refractivity contribution is 5.55. The van der Waals surface area contributed by atoms with Crippen LogP contribution in [0.15, 0.2) is 0 Å². The molecule has 0 aromatic carbocycles. The van der Waals surface area contributed by atoms with Crippen LogP contribution in [0, 0.1) is 0 Å². The number of carboxylic acid groups (broad SMARTS) is 1. The van der Waals surface area contributed by atoms with E-state index in [1.165, 1.54) is 7.11 Å². The van der Waals surface area contributed by atoms with Gasteiger partial charge in [-0.05, 0) is 20.8 Å². The maximum absolute atomic E-state index is 11.5. The summed E-state index contributed by atoms with van der Waals surface area (Å²) in [7, 11) is 1.54. The first-order chi connectivity index (χ1) is 7.25. The monoisotopic (exact) mass is 231 g/mol. The number of carbonyl (C=O) groups is 1. The molecule has 1 N–H and O–H groups in total. The van der Waals surface area contributed by atoms with Gasteiger partial charge in [-0.3, -0.25) is 4.48 Å². The van der Waals surface area contributed by atoms with E-state index in [2.05, 4.69) is 0 Å². The fourth-order valence-corrected chi connectivity index (χ4v) is 2.76. The summed E-state index contributed by atoms with van der Waals surface area (Å²) in [5.74, 6) is 0. The molecule has 5 nitrogen and oxygen atoms in total. The van der Waals surface area contributed by atoms with Gasteiger partial charge in [0.1, 0.15) is 18.7 Å². The quantitative estimate of drug-likeness (QED) is 0.664. The van der Waals surface area contributed by atoms with E-state index in [4.69, 9.17) is 4.74 Å². The van der Waals surface area contributed by atoms with Crippen molar-refractivity contribution in [3.63, 3.8) is 0 Å². The summed E-state index contributed by atoms with van der Waals surface area (Å²) in [5.41, 5.74) is -0.514. The van der Waals surface area contributed by atoms with Crippen LogP contribution in [0.5, 0.6) is 0 Å². The number of methoxy groups -OCH3 is 1. The molecule has 5 heteroatoms. The fraction of sp³-hybridized carbons (Fsp3) is 0.909. The molecule has 94 valence electrons. The number of carbonyl (C=O) groups excluding carboxylic acids is 1. The van der Waals surface area contributed by atoms with E-state index in [0.29, 0.717) is 13.0 Å². The Balaban J connectivity index is 3.12. The lowest BCUT2D eigenvalue weighted by Crippen LogP contribution is -2.70. The smallest absolute Gasteiger partial charge is 0.258 e. The average Bonchev–Trinajstić information content (AvgIpc) is 2.43. The van der Waals surface area contributed by atoms with Crippen LogP contribution in [0.4, 0.5) is 4.79 Å². The molecular weight excluding hydrogens is 210 g/mol. The lowest BCUT2D eigenvalue weighted by atomic mass is 10.00. The van der Waals surface area contributed by atoms with Gasteiger partial charge < -0.3 is 19.7 Å². The van der Waals surface area contributed by atoms with Crippen LogP contribution < -0.4 is 5.11 Å². The minimum atomic E-state index is -1.13. The summed E-state index contributed by atoms with van der Waals surface area (Å²) >= 11 is 0. The lowest BCUT2D eigenvalue weighted by Gasteiger charge is -2.48. The zero-order valence-corrected chi connectivity index (χ0v) is 10.4. The first-order valence-electron chi connectivity index (χ1n) is 5.52. The first-order valence-corrected chi connectivity index (χ1v) is 5.52. The highest BCUT2D eigenvalue weighted by Gasteiger charge is 2.55. The van der Waals surface area contributed by atoms with Crippen LogP contribution in [-0.2, 0) is 4.74 Å². The van der Waals surface area contributed by atoms with Crippen LogP contribution in [0.3, 0.4) is 0 Å². The van der Waals surface area contributed by atoms with Gasteiger partial charge in [-0.2, -0.15) is 0 Å². The molecule has 0 radical (unpaired) electrons. The largest absolute Gasteiger partial charge is 0.498 e. The van der Waals surface area contributed by atoms with Gasteiger partial charge in [0.15, 0.2) is 0 Å². The molecule has 3 atom stereocenters. The van der Waals surface area contributed by atoms with Gasteiger partial charge >= 0.3 is 0 Å². The number of aliphatic hydroxyl groups excluding tert-OH is 1. The molecule has 1 rings (SSSR count). The molecule has 0 spiro atoms. The number of quaternary nitrogens is 1. The molecule has 1 amide bonds. The van der Waals surface area contributed by atoms with Crippen LogP contribution in [0.25, 0.3) is 0 Å². The van der Waals surface area contributed by atoms with E-state index < -0.39 is 17.7 Å². The van der Waals surface area contributed by atoms with Crippen molar-refractivity contribution < 1.29 is 24.2 Å². The molecule has 1 aliphatic heterocycles. The highest BCUT2D eigenvalue weighted by Crippen LogP contribution is 2.36. The van der Waals surface area contributed by atoms with Gasteiger partial charge in [0.2, 0.25) is 0 Å². The maximum Gasteiger partial charge on any atom is 0.258 e. The summed E-state index contributed by atoms with van der Waals surface area (Å²) in [6, 6.07) is -0.245. The molecule has 1 aliphatic rings. The van der Waals surface area contributed by atoms with Gasteiger partial charge in [-0.1, -0.05) is 0 Å². The summed E-state index contributed by atoms with van der Waals surface area (Å²) in [4.78, 5) is 11.5. The number of rotatable bonds is 2. The number of hydrogen-bond acceptors (Lipinski definition) is 4. The van der Waals surface area contributed by atoms with Crippen molar-refractivity contribution in [2.45, 2.75) is 44.9 Å². The molecule has 1 unspecified atom stereocenters. The van der Waals surface area contributed by atoms with E-state index in [0.717, 1.165) is 0 Å². The summed E-state index contributed by atoms with van der Waals surface area (Å²) < 4.78 is 4.82. The van der Waals surface area contributed by atoms with Crippen LogP contribution in [0.1, 0.15) is 27.2 Å². The SMILES string of the molecule is COC[C@H]1C[C@H](O)C[N+]1(C(=O)[O-])C(C)(C)C. The number of aliphatic hydroxyl groups is 1. The molecular formula is C11H21NO4. The number of nitrogens with zero attached hydrogens (tertiary/aromatic N) is 1. The predicted octanol–water partition coefficient (Wildman–Crippen LogP) is -0.275. The molecule has 0 aromatic rings. The number of amides is 1. The summed E-state index contributed by atoms with van der Waals surface area (Å²) in [6.07, 6.45) is -1.29. The van der Waals surface area contributed by atoms with Gasteiger partial charge in [-0.15, -0.1) is 0 Å². The molecule has 0 aromatic heterocycles. The third-order valence-corrected chi connectivity index (χ3v) is 3.55. The zero-order chi connectivity index (χ0) is 12.6. The van der Waals surface area contributed by atoms with Crippen molar-refractivity contribution in [2.75, 3.05) is 20.3 Å². The normalized spacial score (nSPS) is 35.3. The lowest BCUT2D eigenvalue weighted by molar-refractivity contribution is -0.931. The van der Waals surface area contributed by atoms with Gasteiger partial charge in [0, 0.05) is 13.5 Å². The van der Waals surface area contributed by atoms with E-state index in [9.17, 15) is 15.0 Å². The Morgan fingerprint density at radius 1 is 1.56 bits per heavy atom. The third kappa shape index (κ3) is 1.95. The van der Waals surface area contributed by atoms with Crippen molar-refractivity contribution >= 4 is 6.09 Å². The minimum Gasteiger partial charge on any atom is -0.498 e. The molecule has 16 heavy (non-hydrogen) atoms. The Labute approximate surface area is 96.2 Å². The second-order valence-electron chi connectivity index (χ2n) is 5.49. The average molecular weight is 231 g/mol. The Morgan fingerprint density at radius 3 is 2.50 bits per heavy atom. The zero-order valence-electron chi connectivity index (χ0n) is 10.4. The molecule has 1 saturated heterocycles. The van der Waals surface area contributed by atoms with Gasteiger partial charge in [-0.25, -0.2) is 0 Å². The van der Waals surface area contributed by atoms with Gasteiger partial charge in [0.25, 0.3) is 6.09 Å². The van der Waals surface area contributed by atoms with Crippen LogP contribution in [-0.4, -0.2) is 53.6 Å². The third-order valence-electron chi connectivity index (χ3n) is 3.55. The maximum atomic E-state index is 11.5. The number of ether oxygens (including phenoxy) is 1. The second kappa shape index (κ2) is 4.31. The van der Waals surface area contributed by atoms with E-state index in [1.54, 1.807) is 0 Å². The standard InChI is InChI=1S/C11H21NO4/c1-11(2,3)12(10(14)15)6-9(13)5-8(12)7-16-4/h8-9,13H,5-7H2,1-4H3/t8-,9+,12?/m1/s1. The number of likely N-dealkylation sites (tertiary alicyclic amines) is 1. The number of hydrogen-bond donors (Lipinski definition) is 1. The van der Waals surface area contributed by atoms with E-state index >= 15 is 0 Å². The molecule has 0 saturated carbocycles. The second-order valence-corrected chi connectivity index (χ2v) is 5.49. The van der Waals surface area contributed by atoms with Crippen molar-refractivity contribution in [1.82, 2.24) is 0 Å². The van der Waals surface area contributed by atoms with Crippen molar-refractivity contribution in [3.8, 4) is 0 Å². The molecule has 0 aliphatic carbocycles. The van der Waals surface area contributed by atoms with Crippen molar-refractivity contribution in [2.24, 2.45) is 0 Å². The Bertz CT molecular complexity index is 274. The Morgan fingerprint density at radius 2 is 2.12 bits per heavy atom. The van der Waals surface area contributed by atoms with Crippen molar-refractivity contribution in [3.05, 3.63) is 0 Å². The molecule has 0 bridgehead atoms. The summed E-state index contributed by atoms with van der Waals surface area (Å²) in [5, 5.41) is 21.2. The predicted molar refractivity (Wildman–Crippen MR) is 56.6 cm³/mol. The van der Waals surface area contributed by atoms with Crippen molar-refractivity contribution in [1.29, 1.82) is 0 Å². The van der Waals surface area contributed by atoms with Crippen LogP contribution in [0.2, 0.25) is 0 Å². The Hall–Kier alpha value is -0.650. The highest BCUT2D eigenvalue weighted by atomic mass is 16.5. The summed E-state index contributed by atoms with van der Waals surface area (Å²) in [6.45, 7) is 6.07. The Kier molecular flexibility index (Phi) is 3.62. The van der Waals surface area contributed by atoms with Gasteiger partial charge in [0.05, 0.1) is 12.1 Å². The van der Waals surface area contributed by atoms with Crippen LogP contribution >= 0.6 is 0 Å². The molecule has 1 heterocycles. The molecule has 1 fully saturated rings.